The van der Waals surface area contributed by atoms with E-state index in [1.807, 2.05) is 13.8 Å². The molecule has 1 saturated heterocycles. The van der Waals surface area contributed by atoms with Gasteiger partial charge in [0.05, 0.1) is 6.54 Å². The van der Waals surface area contributed by atoms with Crippen LogP contribution in [0.4, 0.5) is 4.79 Å². The number of urea groups is 1. The van der Waals surface area contributed by atoms with Gasteiger partial charge in [-0.25, -0.2) is 4.79 Å². The van der Waals surface area contributed by atoms with E-state index in [9.17, 15) is 24.0 Å². The van der Waals surface area contributed by atoms with E-state index in [0.29, 0.717) is 13.0 Å². The molecule has 5 amide bonds. The molecule has 2 aliphatic rings. The molecule has 1 saturated carbocycles. The van der Waals surface area contributed by atoms with E-state index >= 15 is 0 Å². The normalized spacial score (nSPS) is 24.1. The first kappa shape index (κ1) is 21.6. The van der Waals surface area contributed by atoms with E-state index in [-0.39, 0.29) is 18.4 Å². The van der Waals surface area contributed by atoms with E-state index in [1.165, 1.54) is 0 Å². The first-order valence-electron chi connectivity index (χ1n) is 9.63. The molecule has 10 heteroatoms. The summed E-state index contributed by atoms with van der Waals surface area (Å²) in [6, 6.07) is -0.618. The van der Waals surface area contributed by atoms with Crippen molar-refractivity contribution < 1.29 is 28.7 Å². The standard InChI is InChI=1S/C18H28N4O6/c1-3-8-19-13(23)9-20-14(24)11-28-15(25)10-22-16(26)18(21-17(22)27)7-5-4-6-12(18)2/h12H,3-11H2,1-2H3,(H,19,23)(H,20,24)(H,21,27)/t12-,18-/m0/s1. The van der Waals surface area contributed by atoms with Crippen LogP contribution in [0, 0.1) is 5.92 Å². The topological polar surface area (TPSA) is 134 Å². The first-order valence-corrected chi connectivity index (χ1v) is 9.63. The zero-order chi connectivity index (χ0) is 20.7. The van der Waals surface area contributed by atoms with Crippen molar-refractivity contribution in [2.24, 2.45) is 5.92 Å². The monoisotopic (exact) mass is 396 g/mol. The van der Waals surface area contributed by atoms with Crippen LogP contribution in [0.25, 0.3) is 0 Å². The Bertz CT molecular complexity index is 652. The van der Waals surface area contributed by atoms with Crippen molar-refractivity contribution in [3.8, 4) is 0 Å². The Hall–Kier alpha value is -2.65. The lowest BCUT2D eigenvalue weighted by Gasteiger charge is -2.36. The number of hydrogen-bond acceptors (Lipinski definition) is 6. The molecule has 2 atom stereocenters. The molecule has 1 heterocycles. The largest absolute Gasteiger partial charge is 0.454 e. The van der Waals surface area contributed by atoms with Gasteiger partial charge < -0.3 is 20.7 Å². The molecule has 1 aliphatic heterocycles. The number of hydrogen-bond donors (Lipinski definition) is 3. The number of ether oxygens (including phenoxy) is 1. The second-order valence-electron chi connectivity index (χ2n) is 7.23. The van der Waals surface area contributed by atoms with Crippen LogP contribution in [-0.2, 0) is 23.9 Å². The van der Waals surface area contributed by atoms with E-state index < -0.39 is 42.5 Å². The van der Waals surface area contributed by atoms with Crippen LogP contribution in [0.2, 0.25) is 0 Å². The summed E-state index contributed by atoms with van der Waals surface area (Å²) < 4.78 is 4.82. The van der Waals surface area contributed by atoms with E-state index in [4.69, 9.17) is 4.74 Å². The van der Waals surface area contributed by atoms with Crippen molar-refractivity contribution in [3.05, 3.63) is 0 Å². The number of amides is 5. The fourth-order valence-corrected chi connectivity index (χ4v) is 3.52. The third kappa shape index (κ3) is 4.99. The average Bonchev–Trinajstić information content (AvgIpc) is 2.90. The molecule has 10 nitrogen and oxygen atoms in total. The number of rotatable bonds is 8. The van der Waals surface area contributed by atoms with Gasteiger partial charge in [0.25, 0.3) is 11.8 Å². The minimum atomic E-state index is -0.946. The third-order valence-corrected chi connectivity index (χ3v) is 5.17. The second kappa shape index (κ2) is 9.52. The van der Waals surface area contributed by atoms with Gasteiger partial charge in [-0.1, -0.05) is 26.7 Å². The summed E-state index contributed by atoms with van der Waals surface area (Å²) in [5.41, 5.74) is -0.946. The van der Waals surface area contributed by atoms with Gasteiger partial charge in [0, 0.05) is 6.54 Å². The number of nitrogens with zero attached hydrogens (tertiary/aromatic N) is 1. The molecule has 156 valence electrons. The van der Waals surface area contributed by atoms with Gasteiger partial charge in [0.15, 0.2) is 6.61 Å². The molecule has 0 aromatic heterocycles. The minimum absolute atomic E-state index is 0.0108. The summed E-state index contributed by atoms with van der Waals surface area (Å²) in [6.07, 6.45) is 3.99. The van der Waals surface area contributed by atoms with Crippen molar-refractivity contribution in [1.82, 2.24) is 20.9 Å². The Morgan fingerprint density at radius 2 is 1.96 bits per heavy atom. The van der Waals surface area contributed by atoms with Crippen LogP contribution < -0.4 is 16.0 Å². The molecule has 1 aliphatic carbocycles. The molecule has 0 radical (unpaired) electrons. The van der Waals surface area contributed by atoms with Gasteiger partial charge in [-0.15, -0.1) is 0 Å². The molecule has 2 rings (SSSR count). The average molecular weight is 396 g/mol. The van der Waals surface area contributed by atoms with Gasteiger partial charge in [0.2, 0.25) is 5.91 Å². The summed E-state index contributed by atoms with van der Waals surface area (Å²) in [5, 5.41) is 7.66. The minimum Gasteiger partial charge on any atom is -0.454 e. The quantitative estimate of drug-likeness (QED) is 0.380. The first-order chi connectivity index (χ1) is 13.3. The highest BCUT2D eigenvalue weighted by Crippen LogP contribution is 2.38. The van der Waals surface area contributed by atoms with Crippen LogP contribution >= 0.6 is 0 Å². The molecule has 28 heavy (non-hydrogen) atoms. The Balaban J connectivity index is 1.78. The van der Waals surface area contributed by atoms with Crippen molar-refractivity contribution >= 4 is 29.7 Å². The van der Waals surface area contributed by atoms with Crippen LogP contribution in [0.5, 0.6) is 0 Å². The van der Waals surface area contributed by atoms with Gasteiger partial charge >= 0.3 is 12.0 Å². The smallest absolute Gasteiger partial charge is 0.326 e. The summed E-state index contributed by atoms with van der Waals surface area (Å²) >= 11 is 0. The van der Waals surface area contributed by atoms with Crippen LogP contribution in [0.15, 0.2) is 0 Å². The lowest BCUT2D eigenvalue weighted by Crippen LogP contribution is -2.54. The molecule has 0 aromatic carbocycles. The van der Waals surface area contributed by atoms with Gasteiger partial charge in [-0.05, 0) is 25.2 Å². The van der Waals surface area contributed by atoms with Crippen molar-refractivity contribution in [2.75, 3.05) is 26.2 Å². The maximum atomic E-state index is 12.8. The van der Waals surface area contributed by atoms with Crippen molar-refractivity contribution in [1.29, 1.82) is 0 Å². The maximum absolute atomic E-state index is 12.8. The van der Waals surface area contributed by atoms with Crippen molar-refractivity contribution in [2.45, 2.75) is 51.5 Å². The second-order valence-corrected chi connectivity index (χ2v) is 7.23. The number of esters is 1. The Morgan fingerprint density at radius 1 is 1.21 bits per heavy atom. The maximum Gasteiger partial charge on any atom is 0.326 e. The third-order valence-electron chi connectivity index (χ3n) is 5.17. The predicted molar refractivity (Wildman–Crippen MR) is 97.9 cm³/mol. The van der Waals surface area contributed by atoms with Crippen LogP contribution in [0.1, 0.15) is 46.0 Å². The summed E-state index contributed by atoms with van der Waals surface area (Å²) in [5.74, 6) is -2.28. The Kier molecular flexibility index (Phi) is 7.36. The van der Waals surface area contributed by atoms with Gasteiger partial charge in [-0.3, -0.25) is 24.1 Å². The summed E-state index contributed by atoms with van der Waals surface area (Å²) in [7, 11) is 0. The molecule has 0 aromatic rings. The molecule has 1 spiro atoms. The van der Waals surface area contributed by atoms with E-state index in [2.05, 4.69) is 16.0 Å². The Labute approximate surface area is 163 Å². The zero-order valence-electron chi connectivity index (χ0n) is 16.3. The van der Waals surface area contributed by atoms with Gasteiger partial charge in [-0.2, -0.15) is 0 Å². The number of carbonyl (C=O) groups excluding carboxylic acids is 5. The fraction of sp³-hybridized carbons (Fsp3) is 0.722. The predicted octanol–water partition coefficient (Wildman–Crippen LogP) is -0.327. The molecule has 2 fully saturated rings. The number of imide groups is 1. The highest BCUT2D eigenvalue weighted by molar-refractivity contribution is 6.09. The van der Waals surface area contributed by atoms with Crippen LogP contribution in [-0.4, -0.2) is 66.4 Å². The van der Waals surface area contributed by atoms with E-state index in [0.717, 1.165) is 30.6 Å². The zero-order valence-corrected chi connectivity index (χ0v) is 16.3. The molecule has 0 unspecified atom stereocenters. The molecular weight excluding hydrogens is 368 g/mol. The van der Waals surface area contributed by atoms with Crippen molar-refractivity contribution in [3.63, 3.8) is 0 Å². The molecule has 3 N–H and O–H groups in total. The summed E-state index contributed by atoms with van der Waals surface area (Å²) in [4.78, 5) is 60.8. The highest BCUT2D eigenvalue weighted by Gasteiger charge is 2.55. The van der Waals surface area contributed by atoms with E-state index in [1.54, 1.807) is 0 Å². The SMILES string of the molecule is CCCNC(=O)CNC(=O)COC(=O)CN1C(=O)N[C@]2(CCCC[C@@H]2C)C1=O. The lowest BCUT2D eigenvalue weighted by molar-refractivity contribution is -0.151. The highest BCUT2D eigenvalue weighted by atomic mass is 16.5. The number of nitrogens with one attached hydrogen (secondary N) is 3. The number of carbonyl (C=O) groups is 5. The van der Waals surface area contributed by atoms with Gasteiger partial charge in [0.1, 0.15) is 12.1 Å². The van der Waals surface area contributed by atoms with Crippen LogP contribution in [0.3, 0.4) is 0 Å². The summed E-state index contributed by atoms with van der Waals surface area (Å²) in [6.45, 7) is 2.97. The molecule has 0 bridgehead atoms. The molecular formula is C18H28N4O6. The lowest BCUT2D eigenvalue weighted by atomic mass is 9.73. The Morgan fingerprint density at radius 3 is 2.64 bits per heavy atom. The fourth-order valence-electron chi connectivity index (χ4n) is 3.52.